The summed E-state index contributed by atoms with van der Waals surface area (Å²) in [4.78, 5) is 0. The van der Waals surface area contributed by atoms with Crippen molar-refractivity contribution >= 4 is 10.4 Å². The molecular weight excluding hydrogens is 254 g/mol. The molecule has 5 nitrogen and oxygen atoms in total. The van der Waals surface area contributed by atoms with Crippen LogP contribution in [0.25, 0.3) is 0 Å². The molecule has 18 heavy (non-hydrogen) atoms. The van der Waals surface area contributed by atoms with E-state index in [0.717, 1.165) is 6.42 Å². The van der Waals surface area contributed by atoms with E-state index in [1.165, 1.54) is 45.4 Å². The number of hydrogen-bond donors (Lipinski definition) is 2. The highest BCUT2D eigenvalue weighted by molar-refractivity contribution is 7.80. The monoisotopic (exact) mass is 283 g/mol. The summed E-state index contributed by atoms with van der Waals surface area (Å²) in [5.41, 5.74) is 5.79. The Hall–Kier alpha value is -0.170. The molecule has 0 aromatic carbocycles. The SMILES string of the molecule is CCCCCCCC(N)CC.CCOS(=O)(=O)O. The summed E-state index contributed by atoms with van der Waals surface area (Å²) in [6.07, 6.45) is 9.18. The molecule has 0 rings (SSSR count). The summed E-state index contributed by atoms with van der Waals surface area (Å²) in [6, 6.07) is 0.455. The van der Waals surface area contributed by atoms with Crippen LogP contribution in [0.3, 0.4) is 0 Å². The van der Waals surface area contributed by atoms with Crippen molar-refractivity contribution < 1.29 is 17.2 Å². The first-order chi connectivity index (χ1) is 8.37. The zero-order chi connectivity index (χ0) is 14.4. The van der Waals surface area contributed by atoms with Crippen molar-refractivity contribution in [3.8, 4) is 0 Å². The van der Waals surface area contributed by atoms with Crippen LogP contribution < -0.4 is 5.73 Å². The minimum absolute atomic E-state index is 0.0289. The lowest BCUT2D eigenvalue weighted by atomic mass is 10.1. The number of nitrogens with two attached hydrogens (primary N) is 1. The van der Waals surface area contributed by atoms with Gasteiger partial charge in [0, 0.05) is 6.04 Å². The van der Waals surface area contributed by atoms with E-state index in [2.05, 4.69) is 18.0 Å². The highest BCUT2D eigenvalue weighted by Crippen LogP contribution is 2.07. The van der Waals surface area contributed by atoms with E-state index in [0.29, 0.717) is 6.04 Å². The molecule has 3 N–H and O–H groups in total. The number of rotatable bonds is 9. The maximum absolute atomic E-state index is 9.56. The van der Waals surface area contributed by atoms with Crippen LogP contribution in [0.15, 0.2) is 0 Å². The first kappa shape index (κ1) is 20.2. The lowest BCUT2D eigenvalue weighted by Gasteiger charge is -2.06. The van der Waals surface area contributed by atoms with E-state index in [-0.39, 0.29) is 6.61 Å². The molecule has 0 aromatic rings. The molecule has 0 spiro atoms. The van der Waals surface area contributed by atoms with E-state index in [4.69, 9.17) is 10.3 Å². The molecule has 0 aromatic heterocycles. The smallest absolute Gasteiger partial charge is 0.328 e. The van der Waals surface area contributed by atoms with Gasteiger partial charge in [-0.15, -0.1) is 0 Å². The maximum Gasteiger partial charge on any atom is 0.397 e. The molecular formula is C12H29NO4S. The van der Waals surface area contributed by atoms with Crippen LogP contribution in [0.2, 0.25) is 0 Å². The Kier molecular flexibility index (Phi) is 14.9. The lowest BCUT2D eigenvalue weighted by molar-refractivity contribution is 0.283. The molecule has 0 aliphatic carbocycles. The molecule has 1 atom stereocenters. The van der Waals surface area contributed by atoms with Crippen molar-refractivity contribution in [3.63, 3.8) is 0 Å². The van der Waals surface area contributed by atoms with Crippen molar-refractivity contribution in [3.05, 3.63) is 0 Å². The topological polar surface area (TPSA) is 89.6 Å². The normalized spacial score (nSPS) is 12.7. The van der Waals surface area contributed by atoms with Crippen molar-refractivity contribution in [1.29, 1.82) is 0 Å². The predicted molar refractivity (Wildman–Crippen MR) is 74.8 cm³/mol. The Balaban J connectivity index is 0. The summed E-state index contributed by atoms with van der Waals surface area (Å²) >= 11 is 0. The molecule has 0 saturated heterocycles. The largest absolute Gasteiger partial charge is 0.397 e. The van der Waals surface area contributed by atoms with Crippen LogP contribution in [-0.4, -0.2) is 25.6 Å². The summed E-state index contributed by atoms with van der Waals surface area (Å²) in [7, 11) is -4.17. The highest BCUT2D eigenvalue weighted by atomic mass is 32.3. The zero-order valence-corrected chi connectivity index (χ0v) is 12.7. The van der Waals surface area contributed by atoms with Gasteiger partial charge in [-0.1, -0.05) is 46.0 Å². The van der Waals surface area contributed by atoms with Crippen LogP contribution >= 0.6 is 0 Å². The molecule has 0 bridgehead atoms. The third-order valence-electron chi connectivity index (χ3n) is 2.47. The molecule has 0 aliphatic heterocycles. The lowest BCUT2D eigenvalue weighted by Crippen LogP contribution is -2.17. The van der Waals surface area contributed by atoms with Crippen LogP contribution in [0.5, 0.6) is 0 Å². The van der Waals surface area contributed by atoms with Gasteiger partial charge in [-0.05, 0) is 19.8 Å². The molecule has 0 fully saturated rings. The molecule has 0 saturated carbocycles. The van der Waals surface area contributed by atoms with Crippen molar-refractivity contribution in [2.45, 2.75) is 71.8 Å². The molecule has 0 heterocycles. The fourth-order valence-electron chi connectivity index (χ4n) is 1.36. The van der Waals surface area contributed by atoms with Gasteiger partial charge in [0.2, 0.25) is 0 Å². The second-order valence-electron chi connectivity index (χ2n) is 4.21. The van der Waals surface area contributed by atoms with Gasteiger partial charge in [-0.25, -0.2) is 4.18 Å². The Morgan fingerprint density at radius 1 is 1.11 bits per heavy atom. The van der Waals surface area contributed by atoms with Gasteiger partial charge < -0.3 is 5.73 Å². The fourth-order valence-corrected chi connectivity index (χ4v) is 1.66. The summed E-state index contributed by atoms with van der Waals surface area (Å²) in [6.45, 7) is 5.85. The van der Waals surface area contributed by atoms with Crippen LogP contribution in [-0.2, 0) is 14.6 Å². The van der Waals surface area contributed by atoms with Crippen molar-refractivity contribution in [1.82, 2.24) is 0 Å². The van der Waals surface area contributed by atoms with Crippen LogP contribution in [0.1, 0.15) is 65.7 Å². The second-order valence-corrected chi connectivity index (χ2v) is 5.30. The molecule has 1 unspecified atom stereocenters. The van der Waals surface area contributed by atoms with E-state index in [1.54, 1.807) is 0 Å². The van der Waals surface area contributed by atoms with Crippen molar-refractivity contribution in [2.24, 2.45) is 5.73 Å². The zero-order valence-electron chi connectivity index (χ0n) is 11.9. The van der Waals surface area contributed by atoms with E-state index >= 15 is 0 Å². The van der Waals surface area contributed by atoms with Gasteiger partial charge >= 0.3 is 10.4 Å². The molecule has 112 valence electrons. The Morgan fingerprint density at radius 3 is 2.00 bits per heavy atom. The summed E-state index contributed by atoms with van der Waals surface area (Å²) in [5.74, 6) is 0. The Labute approximate surface area is 112 Å². The predicted octanol–water partition coefficient (Wildman–Crippen LogP) is 2.91. The molecule has 0 radical (unpaired) electrons. The minimum Gasteiger partial charge on any atom is -0.328 e. The molecule has 6 heteroatoms. The first-order valence-corrected chi connectivity index (χ1v) is 8.11. The van der Waals surface area contributed by atoms with E-state index in [1.807, 2.05) is 0 Å². The fraction of sp³-hybridized carbons (Fsp3) is 1.00. The van der Waals surface area contributed by atoms with Crippen LogP contribution in [0, 0.1) is 0 Å². The standard InChI is InChI=1S/C10H23N.C2H6O4S/c1-3-5-6-7-8-9-10(11)4-2;1-2-6-7(3,4)5/h10H,3-9,11H2,1-2H3;2H2,1H3,(H,3,4,5). The maximum atomic E-state index is 9.56. The highest BCUT2D eigenvalue weighted by Gasteiger charge is 1.98. The Bertz CT molecular complexity index is 255. The van der Waals surface area contributed by atoms with Gasteiger partial charge in [0.05, 0.1) is 6.61 Å². The minimum atomic E-state index is -4.17. The van der Waals surface area contributed by atoms with E-state index in [9.17, 15) is 8.42 Å². The summed E-state index contributed by atoms with van der Waals surface area (Å²) in [5, 5.41) is 0. The van der Waals surface area contributed by atoms with Gasteiger partial charge in [-0.3, -0.25) is 4.55 Å². The molecule has 0 aliphatic rings. The third-order valence-corrected chi connectivity index (χ3v) is 3.00. The number of hydrogen-bond acceptors (Lipinski definition) is 4. The third kappa shape index (κ3) is 21.1. The van der Waals surface area contributed by atoms with Gasteiger partial charge in [0.25, 0.3) is 0 Å². The van der Waals surface area contributed by atoms with E-state index < -0.39 is 10.4 Å². The average molecular weight is 283 g/mol. The van der Waals surface area contributed by atoms with Gasteiger partial charge in [-0.2, -0.15) is 8.42 Å². The average Bonchev–Trinajstić information content (AvgIpc) is 2.27. The molecule has 0 amide bonds. The first-order valence-electron chi connectivity index (χ1n) is 6.74. The van der Waals surface area contributed by atoms with Gasteiger partial charge in [0.15, 0.2) is 0 Å². The van der Waals surface area contributed by atoms with Gasteiger partial charge in [0.1, 0.15) is 0 Å². The Morgan fingerprint density at radius 2 is 1.67 bits per heavy atom. The second kappa shape index (κ2) is 13.3. The quantitative estimate of drug-likeness (QED) is 0.501. The summed E-state index contributed by atoms with van der Waals surface area (Å²) < 4.78 is 30.7. The number of unbranched alkanes of at least 4 members (excludes halogenated alkanes) is 4. The van der Waals surface area contributed by atoms with Crippen molar-refractivity contribution in [2.75, 3.05) is 6.61 Å². The van der Waals surface area contributed by atoms with Crippen LogP contribution in [0.4, 0.5) is 0 Å².